The highest BCUT2D eigenvalue weighted by Gasteiger charge is 2.21. The van der Waals surface area contributed by atoms with Gasteiger partial charge in [0.1, 0.15) is 18.2 Å². The lowest BCUT2D eigenvalue weighted by atomic mass is 10.1. The Morgan fingerprint density at radius 1 is 1.27 bits per heavy atom. The average Bonchev–Trinajstić information content (AvgIpc) is 2.87. The molecule has 1 heterocycles. The summed E-state index contributed by atoms with van der Waals surface area (Å²) in [5.41, 5.74) is 0.567. The Balaban J connectivity index is 1.74. The van der Waals surface area contributed by atoms with E-state index in [9.17, 15) is 19.3 Å². The molecule has 3 aromatic carbocycles. The van der Waals surface area contributed by atoms with Gasteiger partial charge in [0, 0.05) is 22.0 Å². The summed E-state index contributed by atoms with van der Waals surface area (Å²) in [4.78, 5) is 29.1. The van der Waals surface area contributed by atoms with Crippen molar-refractivity contribution in [2.24, 2.45) is 5.10 Å². The van der Waals surface area contributed by atoms with Gasteiger partial charge in [0.05, 0.1) is 27.1 Å². The number of fused-ring (bicyclic) bond motifs is 1. The second-order valence-corrected chi connectivity index (χ2v) is 9.65. The molecule has 190 valence electrons. The molecule has 0 fully saturated rings. The van der Waals surface area contributed by atoms with Crippen LogP contribution >= 0.6 is 27.5 Å². The molecule has 0 aliphatic heterocycles. The summed E-state index contributed by atoms with van der Waals surface area (Å²) in [6, 6.07) is 13.6. The van der Waals surface area contributed by atoms with Crippen LogP contribution in [0.25, 0.3) is 10.9 Å². The van der Waals surface area contributed by atoms with Crippen molar-refractivity contribution in [3.05, 3.63) is 107 Å². The zero-order chi connectivity index (χ0) is 26.7. The van der Waals surface area contributed by atoms with Crippen LogP contribution in [0.1, 0.15) is 43.1 Å². The van der Waals surface area contributed by atoms with Crippen LogP contribution < -0.4 is 10.3 Å². The summed E-state index contributed by atoms with van der Waals surface area (Å²) in [7, 11) is 0. The van der Waals surface area contributed by atoms with Crippen molar-refractivity contribution in [1.82, 2.24) is 9.66 Å². The Bertz CT molecular complexity index is 1590. The molecular weight excluding hydrogens is 567 g/mol. The third-order valence-electron chi connectivity index (χ3n) is 5.72. The number of halogens is 3. The van der Waals surface area contributed by atoms with E-state index in [0.29, 0.717) is 22.3 Å². The zero-order valence-electron chi connectivity index (χ0n) is 19.8. The second kappa shape index (κ2) is 11.2. The zero-order valence-corrected chi connectivity index (χ0v) is 22.2. The lowest BCUT2D eigenvalue weighted by Crippen LogP contribution is -2.23. The summed E-state index contributed by atoms with van der Waals surface area (Å²) in [6.07, 6.45) is 2.03. The van der Waals surface area contributed by atoms with Crippen LogP contribution in [-0.4, -0.2) is 20.8 Å². The Labute approximate surface area is 224 Å². The number of aromatic nitrogens is 2. The van der Waals surface area contributed by atoms with Crippen LogP contribution in [0.3, 0.4) is 0 Å². The van der Waals surface area contributed by atoms with Crippen molar-refractivity contribution < 1.29 is 14.1 Å². The van der Waals surface area contributed by atoms with Gasteiger partial charge in [0.15, 0.2) is 0 Å². The quantitative estimate of drug-likeness (QED) is 0.128. The number of rotatable bonds is 8. The van der Waals surface area contributed by atoms with E-state index in [1.807, 2.05) is 19.9 Å². The van der Waals surface area contributed by atoms with Gasteiger partial charge < -0.3 is 4.74 Å². The van der Waals surface area contributed by atoms with Gasteiger partial charge in [-0.25, -0.2) is 9.37 Å². The van der Waals surface area contributed by atoms with E-state index in [2.05, 4.69) is 26.0 Å². The van der Waals surface area contributed by atoms with Gasteiger partial charge >= 0.3 is 5.69 Å². The van der Waals surface area contributed by atoms with Gasteiger partial charge in [-0.05, 0) is 48.4 Å². The first-order valence-electron chi connectivity index (χ1n) is 11.3. The molecule has 1 aromatic heterocycles. The molecule has 0 saturated heterocycles. The smallest absolute Gasteiger partial charge is 0.313 e. The van der Waals surface area contributed by atoms with Gasteiger partial charge in [0.25, 0.3) is 5.56 Å². The van der Waals surface area contributed by atoms with Crippen LogP contribution in [0.15, 0.2) is 69.0 Å². The molecule has 11 heteroatoms. The van der Waals surface area contributed by atoms with Crippen molar-refractivity contribution in [2.45, 2.75) is 32.8 Å². The van der Waals surface area contributed by atoms with Crippen molar-refractivity contribution in [2.75, 3.05) is 0 Å². The van der Waals surface area contributed by atoms with Gasteiger partial charge in [-0.1, -0.05) is 53.5 Å². The molecule has 0 unspecified atom stereocenters. The van der Waals surface area contributed by atoms with Gasteiger partial charge in [0.2, 0.25) is 5.75 Å². The number of nitrogens with zero attached hydrogens (tertiary/aromatic N) is 4. The maximum Gasteiger partial charge on any atom is 0.313 e. The first kappa shape index (κ1) is 26.4. The van der Waals surface area contributed by atoms with Crippen LogP contribution in [-0.2, 0) is 6.61 Å². The molecule has 0 spiro atoms. The van der Waals surface area contributed by atoms with E-state index in [-0.39, 0.29) is 40.1 Å². The average molecular weight is 588 g/mol. The molecule has 0 aliphatic carbocycles. The summed E-state index contributed by atoms with van der Waals surface area (Å²) >= 11 is 9.71. The lowest BCUT2D eigenvalue weighted by Gasteiger charge is -2.14. The fraction of sp³-hybridized carbons (Fsp3) is 0.192. The summed E-state index contributed by atoms with van der Waals surface area (Å²) in [6.45, 7) is 3.80. The molecule has 0 aliphatic rings. The fourth-order valence-electron chi connectivity index (χ4n) is 3.64. The minimum Gasteiger partial charge on any atom is -0.481 e. The maximum absolute atomic E-state index is 13.5. The molecule has 4 rings (SSSR count). The van der Waals surface area contributed by atoms with Crippen LogP contribution in [0.2, 0.25) is 5.02 Å². The molecule has 37 heavy (non-hydrogen) atoms. The molecule has 0 radical (unpaired) electrons. The van der Waals surface area contributed by atoms with E-state index in [1.165, 1.54) is 41.2 Å². The first-order valence-corrected chi connectivity index (χ1v) is 12.5. The number of hydrogen-bond acceptors (Lipinski definition) is 6. The number of nitro groups is 1. The van der Waals surface area contributed by atoms with Gasteiger partial charge in [-0.3, -0.25) is 14.9 Å². The third-order valence-corrected chi connectivity index (χ3v) is 6.50. The van der Waals surface area contributed by atoms with Crippen LogP contribution in [0.5, 0.6) is 5.75 Å². The van der Waals surface area contributed by atoms with Crippen LogP contribution in [0, 0.1) is 15.9 Å². The SMILES string of the molecule is CC[C@H](C)c1nc2ccc(Br)cc2c(=O)n1N=Cc1cc(Cl)c(OCc2cccc(F)c2)c([N+](=O)[O-])c1. The van der Waals surface area contributed by atoms with E-state index >= 15 is 0 Å². The van der Waals surface area contributed by atoms with Crippen LogP contribution in [0.4, 0.5) is 10.1 Å². The molecule has 0 saturated carbocycles. The minimum absolute atomic E-state index is 0.0258. The molecule has 0 bridgehead atoms. The third kappa shape index (κ3) is 5.86. The summed E-state index contributed by atoms with van der Waals surface area (Å²) in [5, 5.41) is 16.5. The highest BCUT2D eigenvalue weighted by molar-refractivity contribution is 9.10. The normalized spacial score (nSPS) is 12.2. The second-order valence-electron chi connectivity index (χ2n) is 8.33. The van der Waals surface area contributed by atoms with E-state index in [4.69, 9.17) is 16.3 Å². The van der Waals surface area contributed by atoms with Crippen molar-refractivity contribution in [3.63, 3.8) is 0 Å². The summed E-state index contributed by atoms with van der Waals surface area (Å²) in [5.74, 6) is -0.206. The Hall–Kier alpha value is -3.63. The predicted molar refractivity (Wildman–Crippen MR) is 144 cm³/mol. The number of benzene rings is 3. The van der Waals surface area contributed by atoms with E-state index in [0.717, 1.165) is 10.9 Å². The highest BCUT2D eigenvalue weighted by atomic mass is 79.9. The fourth-order valence-corrected chi connectivity index (χ4v) is 4.28. The molecule has 8 nitrogen and oxygen atoms in total. The monoisotopic (exact) mass is 586 g/mol. The maximum atomic E-state index is 13.5. The molecule has 0 amide bonds. The summed E-state index contributed by atoms with van der Waals surface area (Å²) < 4.78 is 21.0. The van der Waals surface area contributed by atoms with Crippen molar-refractivity contribution >= 4 is 50.3 Å². The minimum atomic E-state index is -0.629. The van der Waals surface area contributed by atoms with E-state index < -0.39 is 10.7 Å². The topological polar surface area (TPSA) is 99.6 Å². The number of hydrogen-bond donors (Lipinski definition) is 0. The number of ether oxygens (including phenoxy) is 1. The Morgan fingerprint density at radius 3 is 2.76 bits per heavy atom. The molecular formula is C26H21BrClFN4O4. The Kier molecular flexibility index (Phi) is 7.99. The molecule has 0 N–H and O–H groups in total. The lowest BCUT2D eigenvalue weighted by molar-refractivity contribution is -0.385. The van der Waals surface area contributed by atoms with Gasteiger partial charge in [-0.2, -0.15) is 9.78 Å². The van der Waals surface area contributed by atoms with Gasteiger partial charge in [-0.15, -0.1) is 0 Å². The van der Waals surface area contributed by atoms with Crippen molar-refractivity contribution in [3.8, 4) is 5.75 Å². The first-order chi connectivity index (χ1) is 17.7. The molecule has 4 aromatic rings. The number of nitro benzene ring substituents is 1. The molecule has 1 atom stereocenters. The standard InChI is InChI=1S/C26H21BrClFN4O4/c1-3-15(2)25-31-22-8-7-18(27)12-20(22)26(34)32(25)30-13-17-10-21(28)24(23(11-17)33(35)36)37-14-16-5-4-6-19(29)9-16/h4-13,15H,3,14H2,1-2H3/t15-/m0/s1. The van der Waals surface area contributed by atoms with E-state index in [1.54, 1.807) is 18.2 Å². The van der Waals surface area contributed by atoms with Crippen molar-refractivity contribution in [1.29, 1.82) is 0 Å². The largest absolute Gasteiger partial charge is 0.481 e. The predicted octanol–water partition coefficient (Wildman–Crippen LogP) is 6.83. The Morgan fingerprint density at radius 2 is 2.05 bits per heavy atom. The highest BCUT2D eigenvalue weighted by Crippen LogP contribution is 2.36.